The van der Waals surface area contributed by atoms with Crippen LogP contribution in [0.15, 0.2) is 36.4 Å². The minimum Gasteiger partial charge on any atom is -0.490 e. The minimum absolute atomic E-state index is 0.231. The topological polar surface area (TPSA) is 76.7 Å². The third-order valence-electron chi connectivity index (χ3n) is 3.63. The van der Waals surface area contributed by atoms with E-state index in [1.54, 1.807) is 37.4 Å². The van der Waals surface area contributed by atoms with Crippen LogP contribution in [0.4, 0.5) is 5.69 Å². The molecule has 0 unspecified atom stereocenters. The van der Waals surface area contributed by atoms with Crippen molar-refractivity contribution in [3.05, 3.63) is 52.5 Å². The lowest BCUT2D eigenvalue weighted by molar-refractivity contribution is 0.0961. The van der Waals surface area contributed by atoms with Gasteiger partial charge >= 0.3 is 0 Å². The quantitative estimate of drug-likeness (QED) is 0.710. The molecule has 6 nitrogen and oxygen atoms in total. The lowest BCUT2D eigenvalue weighted by Crippen LogP contribution is -2.18. The molecule has 2 amide bonds. The van der Waals surface area contributed by atoms with Gasteiger partial charge in [-0.1, -0.05) is 24.6 Å². The highest BCUT2D eigenvalue weighted by atomic mass is 35.5. The predicted octanol–water partition coefficient (Wildman–Crippen LogP) is 4.14. The molecule has 0 spiro atoms. The van der Waals surface area contributed by atoms with E-state index in [-0.39, 0.29) is 11.8 Å². The SMILES string of the molecule is CCCOc1c(Cl)cc(C(=O)Nc2cccc(C(=O)NC)c2)cc1OCC. The number of amides is 2. The van der Waals surface area contributed by atoms with E-state index in [9.17, 15) is 9.59 Å². The van der Waals surface area contributed by atoms with Gasteiger partial charge in [0.25, 0.3) is 11.8 Å². The van der Waals surface area contributed by atoms with E-state index in [1.807, 2.05) is 13.8 Å². The van der Waals surface area contributed by atoms with Gasteiger partial charge in [0.2, 0.25) is 0 Å². The molecule has 0 aliphatic carbocycles. The van der Waals surface area contributed by atoms with Crippen LogP contribution in [0.25, 0.3) is 0 Å². The van der Waals surface area contributed by atoms with Crippen LogP contribution >= 0.6 is 11.6 Å². The Balaban J connectivity index is 2.27. The predicted molar refractivity (Wildman–Crippen MR) is 106 cm³/mol. The number of anilines is 1. The summed E-state index contributed by atoms with van der Waals surface area (Å²) in [6.07, 6.45) is 0.825. The number of ether oxygens (including phenoxy) is 2. The average molecular weight is 391 g/mol. The standard InChI is InChI=1S/C20H23ClN2O4/c1-4-9-27-18-16(21)11-14(12-17(18)26-5-2)20(25)23-15-8-6-7-13(10-15)19(24)22-3/h6-8,10-12H,4-5,9H2,1-3H3,(H,22,24)(H,23,25). The van der Waals surface area contributed by atoms with Crippen molar-refractivity contribution in [3.8, 4) is 11.5 Å². The highest BCUT2D eigenvalue weighted by molar-refractivity contribution is 6.32. The average Bonchev–Trinajstić information content (AvgIpc) is 2.67. The zero-order valence-electron chi connectivity index (χ0n) is 15.6. The van der Waals surface area contributed by atoms with Gasteiger partial charge in [-0.2, -0.15) is 0 Å². The van der Waals surface area contributed by atoms with Crippen LogP contribution in [-0.4, -0.2) is 32.1 Å². The van der Waals surface area contributed by atoms with E-state index in [4.69, 9.17) is 21.1 Å². The van der Waals surface area contributed by atoms with Crippen LogP contribution in [0.1, 0.15) is 41.0 Å². The van der Waals surface area contributed by atoms with Crippen LogP contribution in [0.2, 0.25) is 5.02 Å². The first-order chi connectivity index (χ1) is 13.0. The summed E-state index contributed by atoms with van der Waals surface area (Å²) < 4.78 is 11.2. The van der Waals surface area contributed by atoms with Gasteiger partial charge in [-0.15, -0.1) is 0 Å². The van der Waals surface area contributed by atoms with Crippen LogP contribution in [-0.2, 0) is 0 Å². The van der Waals surface area contributed by atoms with Crippen molar-refractivity contribution in [2.75, 3.05) is 25.6 Å². The summed E-state index contributed by atoms with van der Waals surface area (Å²) >= 11 is 6.30. The van der Waals surface area contributed by atoms with Crippen molar-refractivity contribution >= 4 is 29.1 Å². The molecule has 0 saturated carbocycles. The molecule has 0 aliphatic rings. The second-order valence-electron chi connectivity index (χ2n) is 5.68. The third kappa shape index (κ3) is 5.37. The summed E-state index contributed by atoms with van der Waals surface area (Å²) in [6, 6.07) is 9.79. The summed E-state index contributed by atoms with van der Waals surface area (Å²) in [5, 5.41) is 5.61. The maximum Gasteiger partial charge on any atom is 0.255 e. The number of hydrogen-bond donors (Lipinski definition) is 2. The van der Waals surface area contributed by atoms with E-state index < -0.39 is 0 Å². The molecular weight excluding hydrogens is 368 g/mol. The number of benzene rings is 2. The molecule has 0 saturated heterocycles. The Morgan fingerprint density at radius 2 is 1.81 bits per heavy atom. The first-order valence-electron chi connectivity index (χ1n) is 8.72. The van der Waals surface area contributed by atoms with E-state index in [2.05, 4.69) is 10.6 Å². The Bertz CT molecular complexity index is 824. The number of carbonyl (C=O) groups excluding carboxylic acids is 2. The summed E-state index contributed by atoms with van der Waals surface area (Å²) in [5.74, 6) is 0.250. The molecule has 0 atom stereocenters. The monoisotopic (exact) mass is 390 g/mol. The lowest BCUT2D eigenvalue weighted by atomic mass is 10.1. The van der Waals surface area contributed by atoms with Crippen molar-refractivity contribution in [1.82, 2.24) is 5.32 Å². The molecule has 0 bridgehead atoms. The molecule has 0 aliphatic heterocycles. The Hall–Kier alpha value is -2.73. The van der Waals surface area contributed by atoms with Gasteiger partial charge < -0.3 is 20.1 Å². The number of rotatable bonds is 8. The fourth-order valence-corrected chi connectivity index (χ4v) is 2.66. The largest absolute Gasteiger partial charge is 0.490 e. The fourth-order valence-electron chi connectivity index (χ4n) is 2.39. The number of carbonyl (C=O) groups is 2. The molecule has 2 aromatic rings. The van der Waals surface area contributed by atoms with E-state index in [0.717, 1.165) is 6.42 Å². The lowest BCUT2D eigenvalue weighted by Gasteiger charge is -2.15. The summed E-state index contributed by atoms with van der Waals surface area (Å²) in [6.45, 7) is 4.74. The number of hydrogen-bond acceptors (Lipinski definition) is 4. The van der Waals surface area contributed by atoms with Crippen molar-refractivity contribution in [1.29, 1.82) is 0 Å². The minimum atomic E-state index is -0.367. The second kappa shape index (κ2) is 9.83. The Kier molecular flexibility index (Phi) is 7.49. The third-order valence-corrected chi connectivity index (χ3v) is 3.91. The normalized spacial score (nSPS) is 10.2. The van der Waals surface area contributed by atoms with E-state index >= 15 is 0 Å². The van der Waals surface area contributed by atoms with E-state index in [1.165, 1.54) is 6.07 Å². The molecule has 27 heavy (non-hydrogen) atoms. The summed E-state index contributed by atoms with van der Waals surface area (Å²) in [5.41, 5.74) is 1.28. The van der Waals surface area contributed by atoms with Crippen LogP contribution in [0.3, 0.4) is 0 Å². The molecule has 2 rings (SSSR count). The highest BCUT2D eigenvalue weighted by Gasteiger charge is 2.17. The zero-order chi connectivity index (χ0) is 19.8. The van der Waals surface area contributed by atoms with Crippen molar-refractivity contribution in [3.63, 3.8) is 0 Å². The fraction of sp³-hybridized carbons (Fsp3) is 0.300. The van der Waals surface area contributed by atoms with Gasteiger partial charge in [-0.05, 0) is 43.7 Å². The maximum atomic E-state index is 12.6. The van der Waals surface area contributed by atoms with Crippen molar-refractivity contribution < 1.29 is 19.1 Å². The first kappa shape index (κ1) is 20.6. The molecule has 2 N–H and O–H groups in total. The molecule has 2 aromatic carbocycles. The Morgan fingerprint density at radius 3 is 2.48 bits per heavy atom. The maximum absolute atomic E-state index is 12.6. The summed E-state index contributed by atoms with van der Waals surface area (Å²) in [4.78, 5) is 24.4. The first-order valence-corrected chi connectivity index (χ1v) is 9.10. The second-order valence-corrected chi connectivity index (χ2v) is 6.09. The van der Waals surface area contributed by atoms with Crippen molar-refractivity contribution in [2.45, 2.75) is 20.3 Å². The van der Waals surface area contributed by atoms with Crippen LogP contribution in [0.5, 0.6) is 11.5 Å². The molecular formula is C20H23ClN2O4. The Morgan fingerprint density at radius 1 is 1.04 bits per heavy atom. The van der Waals surface area contributed by atoms with E-state index in [0.29, 0.717) is 46.5 Å². The highest BCUT2D eigenvalue weighted by Crippen LogP contribution is 2.37. The van der Waals surface area contributed by atoms with Gasteiger partial charge in [-0.25, -0.2) is 0 Å². The van der Waals surface area contributed by atoms with Gasteiger partial charge in [0.1, 0.15) is 0 Å². The van der Waals surface area contributed by atoms with Gasteiger partial charge in [0, 0.05) is 23.9 Å². The van der Waals surface area contributed by atoms with Gasteiger partial charge in [-0.3, -0.25) is 9.59 Å². The molecule has 7 heteroatoms. The number of nitrogens with one attached hydrogen (secondary N) is 2. The summed E-state index contributed by atoms with van der Waals surface area (Å²) in [7, 11) is 1.55. The van der Waals surface area contributed by atoms with Crippen LogP contribution < -0.4 is 20.1 Å². The molecule has 0 heterocycles. The molecule has 0 fully saturated rings. The molecule has 0 aromatic heterocycles. The van der Waals surface area contributed by atoms with Crippen molar-refractivity contribution in [2.24, 2.45) is 0 Å². The molecule has 0 radical (unpaired) electrons. The van der Waals surface area contributed by atoms with Crippen LogP contribution in [0, 0.1) is 0 Å². The number of halogens is 1. The molecule has 144 valence electrons. The Labute approximate surface area is 163 Å². The van der Waals surface area contributed by atoms with Gasteiger partial charge in [0.15, 0.2) is 11.5 Å². The smallest absolute Gasteiger partial charge is 0.255 e. The zero-order valence-corrected chi connectivity index (χ0v) is 16.4. The van der Waals surface area contributed by atoms with Gasteiger partial charge in [0.05, 0.1) is 18.2 Å².